The van der Waals surface area contributed by atoms with Crippen molar-refractivity contribution in [1.29, 1.82) is 0 Å². The summed E-state index contributed by atoms with van der Waals surface area (Å²) in [7, 11) is 0. The fourth-order valence-corrected chi connectivity index (χ4v) is 3.02. The lowest BCUT2D eigenvalue weighted by Crippen LogP contribution is -2.39. The molecule has 2 aromatic carbocycles. The maximum atomic E-state index is 13.4. The van der Waals surface area contributed by atoms with Crippen molar-refractivity contribution in [3.05, 3.63) is 48.3 Å². The molecule has 7 nitrogen and oxygen atoms in total. The second-order valence-electron chi connectivity index (χ2n) is 6.05. The molecule has 0 saturated carbocycles. The number of ether oxygens (including phenoxy) is 2. The number of halogens is 1. The van der Waals surface area contributed by atoms with Gasteiger partial charge in [-0.05, 0) is 30.3 Å². The Bertz CT molecular complexity index is 873. The number of amides is 3. The number of urea groups is 1. The molecule has 2 aliphatic heterocycles. The molecule has 1 atom stereocenters. The number of nitrogens with zero attached hydrogens (tertiary/aromatic N) is 1. The van der Waals surface area contributed by atoms with Gasteiger partial charge in [-0.15, -0.1) is 0 Å². The number of hydrogen-bond acceptors (Lipinski definition) is 4. The fraction of sp³-hybridized carbons (Fsp3) is 0.222. The van der Waals surface area contributed by atoms with Crippen LogP contribution in [0.15, 0.2) is 42.5 Å². The van der Waals surface area contributed by atoms with Gasteiger partial charge in [0.25, 0.3) is 0 Å². The Kier molecular flexibility index (Phi) is 4.08. The van der Waals surface area contributed by atoms with E-state index in [0.717, 1.165) is 0 Å². The van der Waals surface area contributed by atoms with Gasteiger partial charge in [-0.2, -0.15) is 0 Å². The number of nitrogens with one attached hydrogen (secondary N) is 2. The second-order valence-corrected chi connectivity index (χ2v) is 6.05. The van der Waals surface area contributed by atoms with Gasteiger partial charge in [-0.1, -0.05) is 6.07 Å². The van der Waals surface area contributed by atoms with Gasteiger partial charge in [0.15, 0.2) is 11.5 Å². The van der Waals surface area contributed by atoms with E-state index in [-0.39, 0.29) is 31.7 Å². The topological polar surface area (TPSA) is 79.9 Å². The third-order valence-electron chi connectivity index (χ3n) is 4.21. The molecule has 26 heavy (non-hydrogen) atoms. The Balaban J connectivity index is 1.37. The Morgan fingerprint density at radius 2 is 2.00 bits per heavy atom. The van der Waals surface area contributed by atoms with E-state index in [4.69, 9.17) is 9.47 Å². The summed E-state index contributed by atoms with van der Waals surface area (Å²) in [6, 6.07) is 10.1. The molecule has 0 radical (unpaired) electrons. The van der Waals surface area contributed by atoms with Crippen molar-refractivity contribution in [3.8, 4) is 11.5 Å². The van der Waals surface area contributed by atoms with E-state index in [9.17, 15) is 14.0 Å². The van der Waals surface area contributed by atoms with Gasteiger partial charge in [0, 0.05) is 30.4 Å². The van der Waals surface area contributed by atoms with Crippen LogP contribution in [0.25, 0.3) is 0 Å². The minimum Gasteiger partial charge on any atom is -0.454 e. The molecular formula is C18H16FN3O4. The van der Waals surface area contributed by atoms with E-state index < -0.39 is 11.8 Å². The summed E-state index contributed by atoms with van der Waals surface area (Å²) in [4.78, 5) is 25.8. The number of fused-ring (bicyclic) bond motifs is 1. The SMILES string of the molecule is O=C(Nc1ccc2c(c1)OCO2)N[C@@H]1CC(=O)N(c2cccc(F)c2)C1. The highest BCUT2D eigenvalue weighted by Gasteiger charge is 2.31. The van der Waals surface area contributed by atoms with Crippen LogP contribution in [0.3, 0.4) is 0 Å². The first kappa shape index (κ1) is 16.2. The number of carbonyl (C=O) groups excluding carboxylic acids is 2. The molecular weight excluding hydrogens is 341 g/mol. The molecule has 0 spiro atoms. The maximum Gasteiger partial charge on any atom is 0.319 e. The molecule has 0 unspecified atom stereocenters. The largest absolute Gasteiger partial charge is 0.454 e. The van der Waals surface area contributed by atoms with E-state index in [1.54, 1.807) is 30.3 Å². The molecule has 2 heterocycles. The van der Waals surface area contributed by atoms with Crippen LogP contribution in [-0.2, 0) is 4.79 Å². The lowest BCUT2D eigenvalue weighted by Gasteiger charge is -2.17. The van der Waals surface area contributed by atoms with Crippen molar-refractivity contribution in [2.24, 2.45) is 0 Å². The molecule has 0 aliphatic carbocycles. The smallest absolute Gasteiger partial charge is 0.319 e. The van der Waals surface area contributed by atoms with E-state index >= 15 is 0 Å². The molecule has 0 bridgehead atoms. The van der Waals surface area contributed by atoms with Crippen LogP contribution in [0.1, 0.15) is 6.42 Å². The van der Waals surface area contributed by atoms with Gasteiger partial charge in [0.2, 0.25) is 12.7 Å². The van der Waals surface area contributed by atoms with Crippen molar-refractivity contribution in [1.82, 2.24) is 5.32 Å². The van der Waals surface area contributed by atoms with Gasteiger partial charge in [0.05, 0.1) is 6.04 Å². The number of carbonyl (C=O) groups is 2. The summed E-state index contributed by atoms with van der Waals surface area (Å²) in [5.41, 5.74) is 1.04. The molecule has 2 aromatic rings. The average Bonchev–Trinajstić information content (AvgIpc) is 3.20. The lowest BCUT2D eigenvalue weighted by atomic mass is 10.2. The third kappa shape index (κ3) is 3.26. The summed E-state index contributed by atoms with van der Waals surface area (Å²) in [6.45, 7) is 0.446. The van der Waals surface area contributed by atoms with Crippen molar-refractivity contribution < 1.29 is 23.5 Å². The maximum absolute atomic E-state index is 13.4. The summed E-state index contributed by atoms with van der Waals surface area (Å²) in [5, 5.41) is 5.46. The summed E-state index contributed by atoms with van der Waals surface area (Å²) in [5.74, 6) is 0.621. The molecule has 4 rings (SSSR count). The zero-order valence-corrected chi connectivity index (χ0v) is 13.7. The Hall–Kier alpha value is -3.29. The van der Waals surface area contributed by atoms with E-state index in [2.05, 4.69) is 10.6 Å². The number of hydrogen-bond donors (Lipinski definition) is 2. The molecule has 0 aromatic heterocycles. The van der Waals surface area contributed by atoms with Gasteiger partial charge in [0.1, 0.15) is 5.82 Å². The second kappa shape index (κ2) is 6.55. The minimum absolute atomic E-state index is 0.158. The predicted octanol–water partition coefficient (Wildman–Crippen LogP) is 2.48. The monoisotopic (exact) mass is 357 g/mol. The van der Waals surface area contributed by atoms with Crippen LogP contribution in [0.5, 0.6) is 11.5 Å². The van der Waals surface area contributed by atoms with Gasteiger partial charge in [-0.3, -0.25) is 4.79 Å². The first-order chi connectivity index (χ1) is 12.6. The van der Waals surface area contributed by atoms with Crippen LogP contribution in [0.2, 0.25) is 0 Å². The molecule has 2 aliphatic rings. The van der Waals surface area contributed by atoms with E-state index in [1.165, 1.54) is 17.0 Å². The number of anilines is 2. The quantitative estimate of drug-likeness (QED) is 0.884. The van der Waals surface area contributed by atoms with Gasteiger partial charge < -0.3 is 25.0 Å². The highest BCUT2D eigenvalue weighted by atomic mass is 19.1. The summed E-state index contributed by atoms with van der Waals surface area (Å²) in [6.07, 6.45) is 0.158. The minimum atomic E-state index is -0.428. The van der Waals surface area contributed by atoms with Crippen molar-refractivity contribution >= 4 is 23.3 Å². The molecule has 134 valence electrons. The fourth-order valence-electron chi connectivity index (χ4n) is 3.02. The highest BCUT2D eigenvalue weighted by Crippen LogP contribution is 2.34. The Labute approximate surface area is 148 Å². The zero-order valence-electron chi connectivity index (χ0n) is 13.7. The Morgan fingerprint density at radius 3 is 2.85 bits per heavy atom. The van der Waals surface area contributed by atoms with Crippen molar-refractivity contribution in [3.63, 3.8) is 0 Å². The molecule has 1 saturated heterocycles. The molecule has 8 heteroatoms. The number of benzene rings is 2. The van der Waals surface area contributed by atoms with E-state index in [0.29, 0.717) is 22.9 Å². The molecule has 1 fully saturated rings. The van der Waals surface area contributed by atoms with Crippen LogP contribution in [0.4, 0.5) is 20.6 Å². The highest BCUT2D eigenvalue weighted by molar-refractivity contribution is 5.97. The molecule has 3 amide bonds. The van der Waals surface area contributed by atoms with Crippen LogP contribution < -0.4 is 25.0 Å². The lowest BCUT2D eigenvalue weighted by molar-refractivity contribution is -0.117. The normalized spacial score (nSPS) is 18.1. The Morgan fingerprint density at radius 1 is 1.15 bits per heavy atom. The van der Waals surface area contributed by atoms with Crippen molar-refractivity contribution in [2.45, 2.75) is 12.5 Å². The first-order valence-corrected chi connectivity index (χ1v) is 8.11. The average molecular weight is 357 g/mol. The summed E-state index contributed by atoms with van der Waals surface area (Å²) >= 11 is 0. The zero-order chi connectivity index (χ0) is 18.1. The van der Waals surface area contributed by atoms with Crippen LogP contribution in [0, 0.1) is 5.82 Å². The number of rotatable bonds is 3. The predicted molar refractivity (Wildman–Crippen MR) is 91.9 cm³/mol. The standard InChI is InChI=1S/C18H16FN3O4/c19-11-2-1-3-14(6-11)22-9-13(8-17(22)23)21-18(24)20-12-4-5-15-16(7-12)26-10-25-15/h1-7,13H,8-10H2,(H2,20,21,24)/t13-/m1/s1. The third-order valence-corrected chi connectivity index (χ3v) is 4.21. The molecule has 2 N–H and O–H groups in total. The van der Waals surface area contributed by atoms with Crippen molar-refractivity contribution in [2.75, 3.05) is 23.6 Å². The van der Waals surface area contributed by atoms with Gasteiger partial charge >= 0.3 is 6.03 Å². The van der Waals surface area contributed by atoms with Gasteiger partial charge in [-0.25, -0.2) is 9.18 Å². The first-order valence-electron chi connectivity index (χ1n) is 8.11. The summed E-state index contributed by atoms with van der Waals surface area (Å²) < 4.78 is 23.8. The van der Waals surface area contributed by atoms with E-state index in [1.807, 2.05) is 0 Å². The van der Waals surface area contributed by atoms with Crippen LogP contribution in [-0.4, -0.2) is 31.3 Å². The van der Waals surface area contributed by atoms with Crippen LogP contribution >= 0.6 is 0 Å².